The molecule has 180 valence electrons. The fraction of sp³-hybridized carbons (Fsp3) is 0.696. The summed E-state index contributed by atoms with van der Waals surface area (Å²) in [5, 5.41) is 0.293. The number of anilines is 1. The summed E-state index contributed by atoms with van der Waals surface area (Å²) in [5.74, 6) is 0.922. The molecule has 1 spiro atoms. The molecule has 0 radical (unpaired) electrons. The summed E-state index contributed by atoms with van der Waals surface area (Å²) in [5.41, 5.74) is 0.638. The van der Waals surface area contributed by atoms with E-state index in [-0.39, 0.29) is 11.5 Å². The first-order valence-electron chi connectivity index (χ1n) is 11.7. The van der Waals surface area contributed by atoms with Gasteiger partial charge in [-0.1, -0.05) is 0 Å². The molecule has 10 heteroatoms. The minimum Gasteiger partial charge on any atom is -0.444 e. The molecule has 1 atom stereocenters. The number of amides is 1. The summed E-state index contributed by atoms with van der Waals surface area (Å²) in [7, 11) is 0. The first kappa shape index (κ1) is 23.1. The molecule has 3 saturated heterocycles. The highest BCUT2D eigenvalue weighted by molar-refractivity contribution is 7.19. The lowest BCUT2D eigenvalue weighted by molar-refractivity contribution is 0.0274. The lowest BCUT2D eigenvalue weighted by Crippen LogP contribution is -2.37. The van der Waals surface area contributed by atoms with Gasteiger partial charge >= 0.3 is 6.09 Å². The summed E-state index contributed by atoms with van der Waals surface area (Å²) in [6, 6.07) is 2.16. The molecule has 0 bridgehead atoms. The van der Waals surface area contributed by atoms with Crippen molar-refractivity contribution in [2.45, 2.75) is 45.8 Å². The molecule has 2 aromatic heterocycles. The van der Waals surface area contributed by atoms with Gasteiger partial charge in [-0.2, -0.15) is 4.98 Å². The second-order valence-electron chi connectivity index (χ2n) is 10.5. The normalized spacial score (nSPS) is 24.4. The van der Waals surface area contributed by atoms with Crippen LogP contribution >= 0.6 is 22.9 Å². The third-order valence-electron chi connectivity index (χ3n) is 6.67. The average Bonchev–Trinajstić information content (AvgIpc) is 3.46. The maximum absolute atomic E-state index is 12.5. The summed E-state index contributed by atoms with van der Waals surface area (Å²) < 4.78 is 12.2. The first-order chi connectivity index (χ1) is 15.7. The molecule has 5 rings (SSSR count). The van der Waals surface area contributed by atoms with Crippen molar-refractivity contribution in [2.24, 2.45) is 5.41 Å². The van der Waals surface area contributed by atoms with E-state index in [4.69, 9.17) is 21.1 Å². The molecule has 0 saturated carbocycles. The van der Waals surface area contributed by atoms with Gasteiger partial charge in [0, 0.05) is 49.6 Å². The van der Waals surface area contributed by atoms with E-state index >= 15 is 0 Å². The number of thiophene rings is 1. The number of ether oxygens (including phenoxy) is 2. The minimum atomic E-state index is -0.457. The van der Waals surface area contributed by atoms with Crippen LogP contribution in [0.5, 0.6) is 0 Å². The van der Waals surface area contributed by atoms with Crippen LogP contribution < -0.4 is 4.90 Å². The number of carbonyl (C=O) groups excluding carboxylic acids is 1. The van der Waals surface area contributed by atoms with Crippen LogP contribution in [0.2, 0.25) is 5.28 Å². The molecule has 33 heavy (non-hydrogen) atoms. The van der Waals surface area contributed by atoms with E-state index in [1.165, 1.54) is 4.88 Å². The molecular weight excluding hydrogens is 462 g/mol. The van der Waals surface area contributed by atoms with Crippen LogP contribution in [0.3, 0.4) is 0 Å². The first-order valence-corrected chi connectivity index (χ1v) is 12.9. The van der Waals surface area contributed by atoms with Gasteiger partial charge in [0.15, 0.2) is 5.82 Å². The maximum atomic E-state index is 12.5. The Morgan fingerprint density at radius 3 is 2.70 bits per heavy atom. The van der Waals surface area contributed by atoms with Gasteiger partial charge in [-0.15, -0.1) is 11.3 Å². The van der Waals surface area contributed by atoms with E-state index < -0.39 is 5.60 Å². The summed E-state index contributed by atoms with van der Waals surface area (Å²) in [6.07, 6.45) is 1.97. The standard InChI is InChI=1S/C23H32ClN5O3S/c1-22(2,3)32-21(30)29-7-5-23(15-29)4-6-27(14-23)13-16-12-17-18(33-16)19(26-20(24)25-17)28-8-10-31-11-9-28/h12H,4-11,13-15H2,1-3H3. The van der Waals surface area contributed by atoms with Gasteiger partial charge in [0.2, 0.25) is 5.28 Å². The largest absolute Gasteiger partial charge is 0.444 e. The highest BCUT2D eigenvalue weighted by Gasteiger charge is 2.45. The SMILES string of the molecule is CC(C)(C)OC(=O)N1CCC2(CCN(Cc3cc4nc(Cl)nc(N5CCOCC5)c4s3)C2)C1. The molecule has 8 nitrogen and oxygen atoms in total. The third-order valence-corrected chi connectivity index (χ3v) is 7.95. The van der Waals surface area contributed by atoms with Crippen LogP contribution in [0.4, 0.5) is 10.6 Å². The molecular formula is C23H32ClN5O3S. The average molecular weight is 494 g/mol. The topological polar surface area (TPSA) is 71.0 Å². The zero-order valence-electron chi connectivity index (χ0n) is 19.6. The zero-order chi connectivity index (χ0) is 23.2. The highest BCUT2D eigenvalue weighted by atomic mass is 35.5. The number of hydrogen-bond acceptors (Lipinski definition) is 8. The highest BCUT2D eigenvalue weighted by Crippen LogP contribution is 2.41. The van der Waals surface area contributed by atoms with Crippen molar-refractivity contribution in [2.75, 3.05) is 57.4 Å². The molecule has 3 fully saturated rings. The van der Waals surface area contributed by atoms with Crippen molar-refractivity contribution in [1.82, 2.24) is 19.8 Å². The Balaban J connectivity index is 1.26. The lowest BCUT2D eigenvalue weighted by atomic mass is 9.86. The van der Waals surface area contributed by atoms with Crippen molar-refractivity contribution in [3.63, 3.8) is 0 Å². The summed E-state index contributed by atoms with van der Waals surface area (Å²) in [6.45, 7) is 13.3. The third kappa shape index (κ3) is 5.06. The van der Waals surface area contributed by atoms with Crippen LogP contribution in [-0.4, -0.2) is 83.9 Å². The van der Waals surface area contributed by atoms with E-state index in [0.717, 1.165) is 74.7 Å². The number of rotatable bonds is 3. The minimum absolute atomic E-state index is 0.176. The smallest absolute Gasteiger partial charge is 0.410 e. The Morgan fingerprint density at radius 1 is 1.18 bits per heavy atom. The van der Waals surface area contributed by atoms with Crippen LogP contribution in [0.1, 0.15) is 38.5 Å². The van der Waals surface area contributed by atoms with Gasteiger partial charge in [-0.25, -0.2) is 9.78 Å². The van der Waals surface area contributed by atoms with Crippen LogP contribution in [0.15, 0.2) is 6.07 Å². The fourth-order valence-corrected chi connectivity index (χ4v) is 6.46. The Bertz CT molecular complexity index is 1040. The fourth-order valence-electron chi connectivity index (χ4n) is 5.14. The van der Waals surface area contributed by atoms with Crippen LogP contribution in [0, 0.1) is 5.41 Å². The zero-order valence-corrected chi connectivity index (χ0v) is 21.2. The van der Waals surface area contributed by atoms with Crippen molar-refractivity contribution in [3.8, 4) is 0 Å². The van der Waals surface area contributed by atoms with Gasteiger partial charge in [0.25, 0.3) is 0 Å². The van der Waals surface area contributed by atoms with E-state index in [9.17, 15) is 4.79 Å². The monoisotopic (exact) mass is 493 g/mol. The van der Waals surface area contributed by atoms with Gasteiger partial charge in [0.05, 0.1) is 23.4 Å². The molecule has 3 aliphatic rings. The predicted octanol–water partition coefficient (Wildman–Crippen LogP) is 4.01. The van der Waals surface area contributed by atoms with Gasteiger partial charge in [0.1, 0.15) is 5.60 Å². The number of nitrogens with zero attached hydrogens (tertiary/aromatic N) is 5. The van der Waals surface area contributed by atoms with Crippen molar-refractivity contribution in [1.29, 1.82) is 0 Å². The van der Waals surface area contributed by atoms with Gasteiger partial charge < -0.3 is 19.3 Å². The molecule has 1 unspecified atom stereocenters. The van der Waals surface area contributed by atoms with Crippen molar-refractivity contribution < 1.29 is 14.3 Å². The number of morpholine rings is 1. The second kappa shape index (κ2) is 8.83. The number of hydrogen-bond donors (Lipinski definition) is 0. The van der Waals surface area contributed by atoms with E-state index in [2.05, 4.69) is 25.8 Å². The Morgan fingerprint density at radius 2 is 1.94 bits per heavy atom. The molecule has 2 aromatic rings. The molecule has 5 heterocycles. The summed E-state index contributed by atoms with van der Waals surface area (Å²) >= 11 is 8.02. The van der Waals surface area contributed by atoms with E-state index in [0.29, 0.717) is 18.5 Å². The number of aromatic nitrogens is 2. The van der Waals surface area contributed by atoms with E-state index in [1.54, 1.807) is 11.3 Å². The Hall–Kier alpha value is -1.68. The molecule has 0 aliphatic carbocycles. The second-order valence-corrected chi connectivity index (χ2v) is 11.9. The lowest BCUT2D eigenvalue weighted by Gasteiger charge is -2.28. The maximum Gasteiger partial charge on any atom is 0.410 e. The molecule has 1 amide bonds. The molecule has 0 N–H and O–H groups in total. The predicted molar refractivity (Wildman–Crippen MR) is 130 cm³/mol. The molecule has 0 aromatic carbocycles. The number of likely N-dealkylation sites (tertiary alicyclic amines) is 2. The van der Waals surface area contributed by atoms with Crippen LogP contribution in [-0.2, 0) is 16.0 Å². The Labute approximate surface area is 203 Å². The quantitative estimate of drug-likeness (QED) is 0.598. The number of carbonyl (C=O) groups is 1. The summed E-state index contributed by atoms with van der Waals surface area (Å²) in [4.78, 5) is 29.5. The van der Waals surface area contributed by atoms with Crippen LogP contribution in [0.25, 0.3) is 10.2 Å². The number of fused-ring (bicyclic) bond motifs is 1. The van der Waals surface area contributed by atoms with Gasteiger partial charge in [-0.3, -0.25) is 4.90 Å². The van der Waals surface area contributed by atoms with Crippen molar-refractivity contribution in [3.05, 3.63) is 16.2 Å². The van der Waals surface area contributed by atoms with E-state index in [1.807, 2.05) is 25.7 Å². The van der Waals surface area contributed by atoms with Gasteiger partial charge in [-0.05, 0) is 57.8 Å². The Kier molecular flexibility index (Phi) is 6.18. The van der Waals surface area contributed by atoms with Crippen molar-refractivity contribution >= 4 is 45.1 Å². The molecule has 3 aliphatic heterocycles. The number of halogens is 1.